The second-order valence-electron chi connectivity index (χ2n) is 5.29. The number of benzene rings is 1. The van der Waals surface area contributed by atoms with Gasteiger partial charge in [0.2, 0.25) is 5.91 Å². The van der Waals surface area contributed by atoms with Gasteiger partial charge in [0.15, 0.2) is 0 Å². The largest absolute Gasteiger partial charge is 0.401 e. The van der Waals surface area contributed by atoms with E-state index < -0.39 is 12.7 Å². The van der Waals surface area contributed by atoms with Crippen LogP contribution < -0.4 is 5.32 Å². The summed E-state index contributed by atoms with van der Waals surface area (Å²) in [7, 11) is 0. The van der Waals surface area contributed by atoms with Gasteiger partial charge in [0.1, 0.15) is 0 Å². The lowest BCUT2D eigenvalue weighted by Gasteiger charge is -2.25. The molecule has 1 amide bonds. The third kappa shape index (κ3) is 5.04. The number of nitrogens with zero attached hydrogens (tertiary/aromatic N) is 1. The van der Waals surface area contributed by atoms with Gasteiger partial charge < -0.3 is 10.2 Å². The van der Waals surface area contributed by atoms with E-state index in [9.17, 15) is 18.0 Å². The lowest BCUT2D eigenvalue weighted by molar-refractivity contribution is -0.134. The van der Waals surface area contributed by atoms with Gasteiger partial charge in [-0.25, -0.2) is 0 Å². The second kappa shape index (κ2) is 6.93. The van der Waals surface area contributed by atoms with Crippen LogP contribution in [0, 0.1) is 0 Å². The second-order valence-corrected chi connectivity index (χ2v) is 5.29. The zero-order chi connectivity index (χ0) is 15.3. The van der Waals surface area contributed by atoms with E-state index in [1.54, 1.807) is 4.90 Å². The summed E-state index contributed by atoms with van der Waals surface area (Å²) in [6.07, 6.45) is -1.72. The van der Waals surface area contributed by atoms with E-state index in [-0.39, 0.29) is 18.5 Å². The van der Waals surface area contributed by atoms with Gasteiger partial charge in [-0.1, -0.05) is 30.3 Å². The first-order valence-corrected chi connectivity index (χ1v) is 7.06. The summed E-state index contributed by atoms with van der Waals surface area (Å²) in [5.41, 5.74) is 1.14. The third-order valence-electron chi connectivity index (χ3n) is 3.61. The minimum Gasteiger partial charge on any atom is -0.338 e. The molecule has 0 aliphatic carbocycles. The molecule has 0 bridgehead atoms. The van der Waals surface area contributed by atoms with Gasteiger partial charge >= 0.3 is 6.18 Å². The number of hydrogen-bond donors (Lipinski definition) is 1. The van der Waals surface area contributed by atoms with E-state index in [2.05, 4.69) is 5.32 Å². The van der Waals surface area contributed by atoms with E-state index in [4.69, 9.17) is 0 Å². The van der Waals surface area contributed by atoms with Crippen molar-refractivity contribution in [2.45, 2.75) is 31.5 Å². The highest BCUT2D eigenvalue weighted by atomic mass is 19.4. The lowest BCUT2D eigenvalue weighted by Crippen LogP contribution is -2.43. The first-order valence-electron chi connectivity index (χ1n) is 7.06. The fourth-order valence-electron chi connectivity index (χ4n) is 2.68. The van der Waals surface area contributed by atoms with Crippen LogP contribution in [0.5, 0.6) is 0 Å². The number of carbonyl (C=O) groups is 1. The molecular weight excluding hydrogens is 281 g/mol. The molecule has 2 rings (SSSR count). The zero-order valence-corrected chi connectivity index (χ0v) is 11.7. The molecule has 1 fully saturated rings. The molecular formula is C15H19F3N2O. The molecule has 1 unspecified atom stereocenters. The Hall–Kier alpha value is -1.56. The van der Waals surface area contributed by atoms with Crippen LogP contribution in [-0.2, 0) is 11.2 Å². The third-order valence-corrected chi connectivity index (χ3v) is 3.61. The highest BCUT2D eigenvalue weighted by Gasteiger charge is 2.30. The van der Waals surface area contributed by atoms with Crippen molar-refractivity contribution in [3.05, 3.63) is 35.9 Å². The molecule has 1 aliphatic heterocycles. The van der Waals surface area contributed by atoms with Crippen molar-refractivity contribution in [3.63, 3.8) is 0 Å². The standard InChI is InChI=1S/C15H19F3N2O/c16-15(17,18)11-19-10-14(21)20-8-4-7-13(20)9-12-5-2-1-3-6-12/h1-3,5-6,13,19H,4,7-11H2. The highest BCUT2D eigenvalue weighted by Crippen LogP contribution is 2.21. The molecule has 6 heteroatoms. The highest BCUT2D eigenvalue weighted by molar-refractivity contribution is 5.78. The van der Waals surface area contributed by atoms with Gasteiger partial charge in [-0.3, -0.25) is 4.79 Å². The number of likely N-dealkylation sites (tertiary alicyclic amines) is 1. The number of amides is 1. The average molecular weight is 300 g/mol. The summed E-state index contributed by atoms with van der Waals surface area (Å²) < 4.78 is 36.2. The van der Waals surface area contributed by atoms with Gasteiger partial charge in [0.05, 0.1) is 13.1 Å². The molecule has 0 radical (unpaired) electrons. The monoisotopic (exact) mass is 300 g/mol. The minimum atomic E-state index is -4.28. The van der Waals surface area contributed by atoms with Crippen molar-refractivity contribution < 1.29 is 18.0 Å². The predicted molar refractivity (Wildman–Crippen MR) is 73.8 cm³/mol. The van der Waals surface area contributed by atoms with Gasteiger partial charge in [0, 0.05) is 12.6 Å². The molecule has 1 N–H and O–H groups in total. The summed E-state index contributed by atoms with van der Waals surface area (Å²) >= 11 is 0. The topological polar surface area (TPSA) is 32.3 Å². The Labute approximate surface area is 122 Å². The van der Waals surface area contributed by atoms with E-state index >= 15 is 0 Å². The number of rotatable bonds is 5. The molecule has 3 nitrogen and oxygen atoms in total. The normalized spacial score (nSPS) is 19.0. The van der Waals surface area contributed by atoms with Crippen LogP contribution in [0.2, 0.25) is 0 Å². The average Bonchev–Trinajstić information content (AvgIpc) is 2.86. The van der Waals surface area contributed by atoms with Gasteiger partial charge in [0.25, 0.3) is 0 Å². The van der Waals surface area contributed by atoms with E-state index in [1.807, 2.05) is 30.3 Å². The first-order chi connectivity index (χ1) is 9.96. The van der Waals surface area contributed by atoms with Crippen molar-refractivity contribution in [2.24, 2.45) is 0 Å². The van der Waals surface area contributed by atoms with Crippen LogP contribution in [0.1, 0.15) is 18.4 Å². The smallest absolute Gasteiger partial charge is 0.338 e. The zero-order valence-electron chi connectivity index (χ0n) is 11.7. The maximum atomic E-state index is 12.1. The number of carbonyl (C=O) groups excluding carboxylic acids is 1. The maximum Gasteiger partial charge on any atom is 0.401 e. The summed E-state index contributed by atoms with van der Waals surface area (Å²) in [5, 5.41) is 2.17. The molecule has 116 valence electrons. The Bertz CT molecular complexity index is 462. The first kappa shape index (κ1) is 15.8. The molecule has 0 spiro atoms. The molecule has 1 aliphatic rings. The molecule has 1 aromatic rings. The summed E-state index contributed by atoms with van der Waals surface area (Å²) in [5.74, 6) is -0.252. The van der Waals surface area contributed by atoms with Crippen molar-refractivity contribution in [1.29, 1.82) is 0 Å². The molecule has 1 aromatic carbocycles. The Morgan fingerprint density at radius 2 is 2.00 bits per heavy atom. The predicted octanol–water partition coefficient (Wildman–Crippen LogP) is 2.37. The molecule has 0 saturated carbocycles. The molecule has 1 heterocycles. The van der Waals surface area contributed by atoms with Crippen LogP contribution in [-0.4, -0.2) is 42.7 Å². The van der Waals surface area contributed by atoms with Crippen LogP contribution in [0.4, 0.5) is 13.2 Å². The Morgan fingerprint density at radius 1 is 1.29 bits per heavy atom. The van der Waals surface area contributed by atoms with Gasteiger partial charge in [-0.15, -0.1) is 0 Å². The number of hydrogen-bond acceptors (Lipinski definition) is 2. The van der Waals surface area contributed by atoms with Crippen LogP contribution in [0.3, 0.4) is 0 Å². The van der Waals surface area contributed by atoms with Crippen molar-refractivity contribution in [1.82, 2.24) is 10.2 Å². The molecule has 21 heavy (non-hydrogen) atoms. The number of nitrogens with one attached hydrogen (secondary N) is 1. The van der Waals surface area contributed by atoms with E-state index in [0.29, 0.717) is 6.54 Å². The molecule has 0 aromatic heterocycles. The maximum absolute atomic E-state index is 12.1. The Balaban J connectivity index is 1.85. The van der Waals surface area contributed by atoms with Gasteiger partial charge in [-0.05, 0) is 24.8 Å². The Kier molecular flexibility index (Phi) is 5.22. The fourth-order valence-corrected chi connectivity index (χ4v) is 2.68. The summed E-state index contributed by atoms with van der Waals surface area (Å²) in [6.45, 7) is -0.759. The van der Waals surface area contributed by atoms with Crippen molar-refractivity contribution in [3.8, 4) is 0 Å². The SMILES string of the molecule is O=C(CNCC(F)(F)F)N1CCCC1Cc1ccccc1. The van der Waals surface area contributed by atoms with Crippen molar-refractivity contribution >= 4 is 5.91 Å². The number of halogens is 3. The molecule has 1 saturated heterocycles. The van der Waals surface area contributed by atoms with E-state index in [1.165, 1.54) is 0 Å². The van der Waals surface area contributed by atoms with Crippen molar-refractivity contribution in [2.75, 3.05) is 19.6 Å². The number of alkyl halides is 3. The Morgan fingerprint density at radius 3 is 2.67 bits per heavy atom. The van der Waals surface area contributed by atoms with Crippen LogP contribution >= 0.6 is 0 Å². The lowest BCUT2D eigenvalue weighted by atomic mass is 10.0. The quantitative estimate of drug-likeness (QED) is 0.905. The fraction of sp³-hybridized carbons (Fsp3) is 0.533. The van der Waals surface area contributed by atoms with E-state index in [0.717, 1.165) is 24.8 Å². The summed E-state index contributed by atoms with van der Waals surface area (Å²) in [6, 6.07) is 9.92. The molecule has 1 atom stereocenters. The summed E-state index contributed by atoms with van der Waals surface area (Å²) in [4.78, 5) is 13.7. The van der Waals surface area contributed by atoms with Crippen LogP contribution in [0.15, 0.2) is 30.3 Å². The van der Waals surface area contributed by atoms with Gasteiger partial charge in [-0.2, -0.15) is 13.2 Å². The minimum absolute atomic E-state index is 0.0904. The van der Waals surface area contributed by atoms with Crippen LogP contribution in [0.25, 0.3) is 0 Å².